The molecule has 1 fully saturated rings. The van der Waals surface area contributed by atoms with E-state index in [0.29, 0.717) is 11.7 Å². The van der Waals surface area contributed by atoms with Crippen LogP contribution in [0, 0.1) is 6.92 Å². The molecule has 0 bridgehead atoms. The van der Waals surface area contributed by atoms with Crippen molar-refractivity contribution in [3.8, 4) is 0 Å². The van der Waals surface area contributed by atoms with Gasteiger partial charge in [0.25, 0.3) is 5.91 Å². The lowest BCUT2D eigenvalue weighted by Crippen LogP contribution is -2.42. The highest BCUT2D eigenvalue weighted by Crippen LogP contribution is 2.30. The van der Waals surface area contributed by atoms with Crippen LogP contribution in [0.5, 0.6) is 0 Å². The Balaban J connectivity index is 1.76. The predicted molar refractivity (Wildman–Crippen MR) is 102 cm³/mol. The molecule has 0 spiro atoms. The first kappa shape index (κ1) is 21.3. The number of halogens is 3. The second-order valence-electron chi connectivity index (χ2n) is 6.74. The molecule has 2 amide bonds. The Morgan fingerprint density at radius 3 is 2.79 bits per heavy atom. The van der Waals surface area contributed by atoms with Crippen molar-refractivity contribution >= 4 is 28.3 Å². The van der Waals surface area contributed by atoms with Crippen molar-refractivity contribution in [1.82, 2.24) is 9.88 Å². The number of alkyl halides is 3. The van der Waals surface area contributed by atoms with E-state index in [1.54, 1.807) is 12.3 Å². The number of hydrogen-bond donors (Lipinski definition) is 1. The standard InChI is InChI=1S/C19H20F3N3O3S/c1-12-11-29-18(23-12)24-16(26)10-25(9-15-6-3-7-28-15)17(27)13-4-2-5-14(8-13)19(20,21)22/h2,4-5,8,11,15H,3,6-7,9-10H2,1H3,(H,23,24,26). The molecule has 1 unspecified atom stereocenters. The number of amides is 2. The maximum Gasteiger partial charge on any atom is 0.416 e. The zero-order valence-electron chi connectivity index (χ0n) is 15.7. The topological polar surface area (TPSA) is 71.5 Å². The van der Waals surface area contributed by atoms with E-state index < -0.39 is 23.6 Å². The summed E-state index contributed by atoms with van der Waals surface area (Å²) in [4.78, 5) is 30.7. The lowest BCUT2D eigenvalue weighted by molar-refractivity contribution is -0.137. The third-order valence-electron chi connectivity index (χ3n) is 4.37. The van der Waals surface area contributed by atoms with Crippen molar-refractivity contribution in [3.05, 3.63) is 46.5 Å². The van der Waals surface area contributed by atoms with Gasteiger partial charge in [-0.15, -0.1) is 11.3 Å². The quantitative estimate of drug-likeness (QED) is 0.763. The number of aryl methyl sites for hydroxylation is 1. The Morgan fingerprint density at radius 1 is 1.38 bits per heavy atom. The second-order valence-corrected chi connectivity index (χ2v) is 7.60. The minimum atomic E-state index is -4.56. The molecule has 2 aromatic rings. The Bertz CT molecular complexity index is 879. The predicted octanol–water partition coefficient (Wildman–Crippen LogP) is 3.73. The molecular formula is C19H20F3N3O3S. The van der Waals surface area contributed by atoms with Crippen LogP contribution >= 0.6 is 11.3 Å². The molecule has 6 nitrogen and oxygen atoms in total. The Hall–Kier alpha value is -2.46. The highest BCUT2D eigenvalue weighted by atomic mass is 32.1. The Labute approximate surface area is 169 Å². The number of carbonyl (C=O) groups is 2. The van der Waals surface area contributed by atoms with Gasteiger partial charge < -0.3 is 15.0 Å². The average Bonchev–Trinajstić information content (AvgIpc) is 3.31. The van der Waals surface area contributed by atoms with Gasteiger partial charge in [-0.05, 0) is 38.0 Å². The van der Waals surface area contributed by atoms with Crippen LogP contribution in [0.3, 0.4) is 0 Å². The summed E-state index contributed by atoms with van der Waals surface area (Å²) in [6, 6.07) is 4.19. The molecule has 2 heterocycles. The summed E-state index contributed by atoms with van der Waals surface area (Å²) in [5, 5.41) is 4.78. The van der Waals surface area contributed by atoms with Crippen molar-refractivity contribution < 1.29 is 27.5 Å². The molecule has 0 radical (unpaired) electrons. The van der Waals surface area contributed by atoms with Crippen molar-refractivity contribution in [3.63, 3.8) is 0 Å². The van der Waals surface area contributed by atoms with Crippen LogP contribution in [0.2, 0.25) is 0 Å². The lowest BCUT2D eigenvalue weighted by atomic mass is 10.1. The molecule has 156 valence electrons. The second kappa shape index (κ2) is 8.91. The van der Waals surface area contributed by atoms with E-state index in [9.17, 15) is 22.8 Å². The van der Waals surface area contributed by atoms with Gasteiger partial charge in [0.15, 0.2) is 5.13 Å². The summed E-state index contributed by atoms with van der Waals surface area (Å²) in [7, 11) is 0. The molecule has 3 rings (SSSR count). The van der Waals surface area contributed by atoms with Gasteiger partial charge in [-0.2, -0.15) is 13.2 Å². The summed E-state index contributed by atoms with van der Waals surface area (Å²) in [6.45, 7) is 2.15. The number of benzene rings is 1. The van der Waals surface area contributed by atoms with E-state index in [2.05, 4.69) is 10.3 Å². The molecular weight excluding hydrogens is 407 g/mol. The molecule has 10 heteroatoms. The molecule has 1 aromatic heterocycles. The normalized spacial score (nSPS) is 16.6. The third kappa shape index (κ3) is 5.77. The summed E-state index contributed by atoms with van der Waals surface area (Å²) in [6.07, 6.45) is -3.25. The van der Waals surface area contributed by atoms with E-state index in [1.165, 1.54) is 28.4 Å². The number of ether oxygens (including phenoxy) is 1. The van der Waals surface area contributed by atoms with Crippen LogP contribution < -0.4 is 5.32 Å². The lowest BCUT2D eigenvalue weighted by Gasteiger charge is -2.25. The number of carbonyl (C=O) groups excluding carboxylic acids is 2. The number of rotatable bonds is 6. The zero-order valence-corrected chi connectivity index (χ0v) is 16.5. The van der Waals surface area contributed by atoms with E-state index in [1.807, 2.05) is 0 Å². The summed E-state index contributed by atoms with van der Waals surface area (Å²) in [5.41, 5.74) is -0.291. The fraction of sp³-hybridized carbons (Fsp3) is 0.421. The van der Waals surface area contributed by atoms with E-state index in [0.717, 1.165) is 30.7 Å². The molecule has 1 aromatic carbocycles. The third-order valence-corrected chi connectivity index (χ3v) is 5.25. The van der Waals surface area contributed by atoms with Gasteiger partial charge >= 0.3 is 6.18 Å². The largest absolute Gasteiger partial charge is 0.416 e. The van der Waals surface area contributed by atoms with E-state index in [-0.39, 0.29) is 24.8 Å². The summed E-state index contributed by atoms with van der Waals surface area (Å²) >= 11 is 1.25. The molecule has 1 N–H and O–H groups in total. The highest BCUT2D eigenvalue weighted by molar-refractivity contribution is 7.13. The van der Waals surface area contributed by atoms with Gasteiger partial charge in [-0.1, -0.05) is 6.07 Å². The van der Waals surface area contributed by atoms with Crippen molar-refractivity contribution in [2.45, 2.75) is 32.0 Å². The number of nitrogens with one attached hydrogen (secondary N) is 1. The number of hydrogen-bond acceptors (Lipinski definition) is 5. The van der Waals surface area contributed by atoms with Crippen LogP contribution in [0.1, 0.15) is 34.5 Å². The van der Waals surface area contributed by atoms with E-state index >= 15 is 0 Å². The molecule has 1 saturated heterocycles. The molecule has 1 aliphatic rings. The first-order valence-electron chi connectivity index (χ1n) is 9.02. The van der Waals surface area contributed by atoms with Gasteiger partial charge in [-0.25, -0.2) is 4.98 Å². The first-order valence-corrected chi connectivity index (χ1v) is 9.90. The molecule has 0 saturated carbocycles. The monoisotopic (exact) mass is 427 g/mol. The maximum atomic E-state index is 13.0. The summed E-state index contributed by atoms with van der Waals surface area (Å²) in [5.74, 6) is -1.13. The van der Waals surface area contributed by atoms with Gasteiger partial charge in [0, 0.05) is 24.1 Å². The minimum Gasteiger partial charge on any atom is -0.376 e. The van der Waals surface area contributed by atoms with Gasteiger partial charge in [0.2, 0.25) is 5.91 Å². The molecule has 0 aliphatic carbocycles. The molecule has 29 heavy (non-hydrogen) atoms. The van der Waals surface area contributed by atoms with Crippen LogP contribution in [-0.2, 0) is 15.7 Å². The fourth-order valence-electron chi connectivity index (χ4n) is 3.01. The van der Waals surface area contributed by atoms with Gasteiger partial charge in [-0.3, -0.25) is 9.59 Å². The zero-order chi connectivity index (χ0) is 21.0. The minimum absolute atomic E-state index is 0.124. The number of nitrogens with zero attached hydrogens (tertiary/aromatic N) is 2. The van der Waals surface area contributed by atoms with Gasteiger partial charge in [0.05, 0.1) is 17.4 Å². The average molecular weight is 427 g/mol. The number of thiazole rings is 1. The highest BCUT2D eigenvalue weighted by Gasteiger charge is 2.32. The van der Waals surface area contributed by atoms with E-state index in [4.69, 9.17) is 4.74 Å². The van der Waals surface area contributed by atoms with Crippen molar-refractivity contribution in [2.24, 2.45) is 0 Å². The number of aromatic nitrogens is 1. The Kier molecular flexibility index (Phi) is 6.53. The molecule has 1 aliphatic heterocycles. The van der Waals surface area contributed by atoms with Crippen LogP contribution in [0.4, 0.5) is 18.3 Å². The van der Waals surface area contributed by atoms with Crippen LogP contribution in [0.15, 0.2) is 29.6 Å². The van der Waals surface area contributed by atoms with Crippen LogP contribution in [0.25, 0.3) is 0 Å². The molecule has 1 atom stereocenters. The SMILES string of the molecule is Cc1csc(NC(=O)CN(CC2CCCO2)C(=O)c2cccc(C(F)(F)F)c2)n1. The maximum absolute atomic E-state index is 13.0. The fourth-order valence-corrected chi connectivity index (χ4v) is 3.71. The first-order chi connectivity index (χ1) is 13.7. The summed E-state index contributed by atoms with van der Waals surface area (Å²) < 4.78 is 44.5. The Morgan fingerprint density at radius 2 is 2.17 bits per heavy atom. The van der Waals surface area contributed by atoms with Crippen molar-refractivity contribution in [2.75, 3.05) is 25.0 Å². The smallest absolute Gasteiger partial charge is 0.376 e. The van der Waals surface area contributed by atoms with Gasteiger partial charge in [0.1, 0.15) is 6.54 Å². The van der Waals surface area contributed by atoms with Crippen molar-refractivity contribution in [1.29, 1.82) is 0 Å². The number of anilines is 1. The van der Waals surface area contributed by atoms with Crippen LogP contribution in [-0.4, -0.2) is 47.5 Å².